The maximum absolute atomic E-state index is 6.15. The van der Waals surface area contributed by atoms with Crippen LogP contribution in [-0.4, -0.2) is 39.0 Å². The summed E-state index contributed by atoms with van der Waals surface area (Å²) >= 11 is 0. The van der Waals surface area contributed by atoms with Gasteiger partial charge >= 0.3 is 0 Å². The first-order valence-corrected chi connectivity index (χ1v) is 9.22. The largest absolute Gasteiger partial charge is 0.382 e. The van der Waals surface area contributed by atoms with Gasteiger partial charge in [-0.2, -0.15) is 0 Å². The zero-order chi connectivity index (χ0) is 15.2. The molecule has 1 aliphatic carbocycles. The van der Waals surface area contributed by atoms with Gasteiger partial charge in [-0.25, -0.2) is 0 Å². The quantitative estimate of drug-likeness (QED) is 0.711. The van der Waals surface area contributed by atoms with Gasteiger partial charge in [0, 0.05) is 13.2 Å². The fourth-order valence-electron chi connectivity index (χ4n) is 3.20. The van der Waals surface area contributed by atoms with E-state index >= 15 is 0 Å². The summed E-state index contributed by atoms with van der Waals surface area (Å²) in [5.41, 5.74) is 0. The van der Waals surface area contributed by atoms with Gasteiger partial charge < -0.3 is 14.8 Å². The van der Waals surface area contributed by atoms with Crippen LogP contribution in [-0.2, 0) is 9.47 Å². The van der Waals surface area contributed by atoms with Crippen molar-refractivity contribution in [3.63, 3.8) is 0 Å². The van der Waals surface area contributed by atoms with Gasteiger partial charge in [-0.3, -0.25) is 0 Å². The highest BCUT2D eigenvalue weighted by Crippen LogP contribution is 2.19. The van der Waals surface area contributed by atoms with Crippen molar-refractivity contribution in [2.24, 2.45) is 0 Å². The van der Waals surface area contributed by atoms with E-state index in [-0.39, 0.29) is 0 Å². The van der Waals surface area contributed by atoms with Crippen molar-refractivity contribution in [1.82, 2.24) is 5.32 Å². The molecule has 1 saturated carbocycles. The van der Waals surface area contributed by atoms with Crippen molar-refractivity contribution in [2.45, 2.75) is 89.7 Å². The first-order valence-electron chi connectivity index (χ1n) is 9.22. The highest BCUT2D eigenvalue weighted by Gasteiger charge is 2.21. The molecule has 0 radical (unpaired) electrons. The third kappa shape index (κ3) is 9.49. The molecule has 21 heavy (non-hydrogen) atoms. The van der Waals surface area contributed by atoms with E-state index in [1.807, 2.05) is 0 Å². The summed E-state index contributed by atoms with van der Waals surface area (Å²) in [7, 11) is 1.75. The Labute approximate surface area is 132 Å². The van der Waals surface area contributed by atoms with Crippen molar-refractivity contribution in [3.05, 3.63) is 0 Å². The van der Waals surface area contributed by atoms with Gasteiger partial charge in [0.15, 0.2) is 0 Å². The third-order valence-electron chi connectivity index (χ3n) is 4.48. The molecule has 126 valence electrons. The number of hydrogen-bond acceptors (Lipinski definition) is 3. The fourth-order valence-corrected chi connectivity index (χ4v) is 3.20. The van der Waals surface area contributed by atoms with Crippen molar-refractivity contribution in [2.75, 3.05) is 26.9 Å². The molecule has 3 nitrogen and oxygen atoms in total. The number of hydrogen-bond donors (Lipinski definition) is 1. The van der Waals surface area contributed by atoms with E-state index in [1.165, 1.54) is 70.6 Å². The summed E-state index contributed by atoms with van der Waals surface area (Å²) in [5.74, 6) is 0. The van der Waals surface area contributed by atoms with E-state index in [4.69, 9.17) is 9.47 Å². The normalized spacial score (nSPS) is 26.0. The van der Waals surface area contributed by atoms with Gasteiger partial charge in [-0.05, 0) is 25.8 Å². The molecule has 1 N–H and O–H groups in total. The topological polar surface area (TPSA) is 30.5 Å². The Kier molecular flexibility index (Phi) is 12.2. The molecule has 2 unspecified atom stereocenters. The van der Waals surface area contributed by atoms with Crippen LogP contribution in [0.3, 0.4) is 0 Å². The van der Waals surface area contributed by atoms with E-state index < -0.39 is 0 Å². The van der Waals surface area contributed by atoms with E-state index in [9.17, 15) is 0 Å². The zero-order valence-electron chi connectivity index (χ0n) is 14.4. The van der Waals surface area contributed by atoms with Gasteiger partial charge in [0.1, 0.15) is 0 Å². The highest BCUT2D eigenvalue weighted by molar-refractivity contribution is 4.78. The Balaban J connectivity index is 2.49. The van der Waals surface area contributed by atoms with Crippen LogP contribution in [0.2, 0.25) is 0 Å². The first kappa shape index (κ1) is 18.9. The Hall–Kier alpha value is -0.120. The minimum atomic E-state index is 0.367. The fraction of sp³-hybridized carbons (Fsp3) is 1.00. The summed E-state index contributed by atoms with van der Waals surface area (Å²) in [5, 5.41) is 3.73. The first-order chi connectivity index (χ1) is 10.4. The zero-order valence-corrected chi connectivity index (χ0v) is 14.4. The lowest BCUT2D eigenvalue weighted by atomic mass is 9.95. The lowest BCUT2D eigenvalue weighted by Gasteiger charge is -2.29. The number of ether oxygens (including phenoxy) is 2. The van der Waals surface area contributed by atoms with Gasteiger partial charge in [0.25, 0.3) is 0 Å². The van der Waals surface area contributed by atoms with Crippen LogP contribution in [0.25, 0.3) is 0 Å². The molecule has 1 fully saturated rings. The van der Waals surface area contributed by atoms with Gasteiger partial charge in [-0.15, -0.1) is 0 Å². The second-order valence-electron chi connectivity index (χ2n) is 6.37. The summed E-state index contributed by atoms with van der Waals surface area (Å²) in [6.07, 6.45) is 15.1. The van der Waals surface area contributed by atoms with Crippen LogP contribution in [0.5, 0.6) is 0 Å². The molecule has 1 rings (SSSR count). The Bertz CT molecular complexity index is 223. The third-order valence-corrected chi connectivity index (χ3v) is 4.48. The number of rotatable bonds is 7. The van der Waals surface area contributed by atoms with Crippen LogP contribution < -0.4 is 5.32 Å². The standard InChI is InChI=1S/C18H37NO2/c1-3-14-19-17-12-10-8-6-4-5-7-9-11-13-18(17)21-16-15-20-2/h17-19H,3-16H2,1-2H3. The average molecular weight is 299 g/mol. The van der Waals surface area contributed by atoms with Crippen molar-refractivity contribution < 1.29 is 9.47 Å². The maximum atomic E-state index is 6.15. The van der Waals surface area contributed by atoms with Gasteiger partial charge in [-0.1, -0.05) is 58.3 Å². The predicted octanol–water partition coefficient (Wildman–Crippen LogP) is 4.30. The minimum absolute atomic E-state index is 0.367. The molecular formula is C18H37NO2. The Morgan fingerprint density at radius 2 is 1.48 bits per heavy atom. The molecule has 1 aliphatic rings. The molecule has 0 spiro atoms. The predicted molar refractivity (Wildman–Crippen MR) is 89.9 cm³/mol. The Morgan fingerprint density at radius 1 is 0.857 bits per heavy atom. The van der Waals surface area contributed by atoms with Gasteiger partial charge in [0.2, 0.25) is 0 Å². The molecule has 0 amide bonds. The molecule has 0 aromatic carbocycles. The molecule has 0 aliphatic heterocycles. The summed E-state index contributed by atoms with van der Waals surface area (Å²) in [4.78, 5) is 0. The highest BCUT2D eigenvalue weighted by atomic mass is 16.5. The SMILES string of the molecule is CCCNC1CCCCCCCCCCC1OCCOC. The smallest absolute Gasteiger partial charge is 0.0729 e. The molecular weight excluding hydrogens is 262 g/mol. The number of nitrogens with one attached hydrogen (secondary N) is 1. The van der Waals surface area contributed by atoms with Crippen LogP contribution in [0, 0.1) is 0 Å². The maximum Gasteiger partial charge on any atom is 0.0729 e. The van der Waals surface area contributed by atoms with Crippen molar-refractivity contribution >= 4 is 0 Å². The number of methoxy groups -OCH3 is 1. The van der Waals surface area contributed by atoms with E-state index in [0.29, 0.717) is 18.8 Å². The second-order valence-corrected chi connectivity index (χ2v) is 6.37. The molecule has 0 saturated heterocycles. The summed E-state index contributed by atoms with van der Waals surface area (Å²) in [6.45, 7) is 4.78. The second kappa shape index (κ2) is 13.5. The minimum Gasteiger partial charge on any atom is -0.382 e. The molecule has 2 atom stereocenters. The molecule has 0 aromatic rings. The summed E-state index contributed by atoms with van der Waals surface area (Å²) < 4.78 is 11.3. The molecule has 0 bridgehead atoms. The summed E-state index contributed by atoms with van der Waals surface area (Å²) in [6, 6.07) is 0.529. The molecule has 3 heteroatoms. The van der Waals surface area contributed by atoms with E-state index in [1.54, 1.807) is 7.11 Å². The van der Waals surface area contributed by atoms with Crippen molar-refractivity contribution in [1.29, 1.82) is 0 Å². The van der Waals surface area contributed by atoms with Crippen LogP contribution in [0.4, 0.5) is 0 Å². The molecule has 0 heterocycles. The molecule has 0 aromatic heterocycles. The van der Waals surface area contributed by atoms with Gasteiger partial charge in [0.05, 0.1) is 19.3 Å². The van der Waals surface area contributed by atoms with Crippen LogP contribution in [0.15, 0.2) is 0 Å². The van der Waals surface area contributed by atoms with E-state index in [0.717, 1.165) is 13.2 Å². The van der Waals surface area contributed by atoms with Crippen LogP contribution >= 0.6 is 0 Å². The average Bonchev–Trinajstić information content (AvgIpc) is 2.49. The van der Waals surface area contributed by atoms with Crippen LogP contribution in [0.1, 0.15) is 77.6 Å². The monoisotopic (exact) mass is 299 g/mol. The lowest BCUT2D eigenvalue weighted by molar-refractivity contribution is -0.00935. The van der Waals surface area contributed by atoms with E-state index in [2.05, 4.69) is 12.2 Å². The Morgan fingerprint density at radius 3 is 2.10 bits per heavy atom. The van der Waals surface area contributed by atoms with Crippen molar-refractivity contribution in [3.8, 4) is 0 Å². The lowest BCUT2D eigenvalue weighted by Crippen LogP contribution is -2.42.